The van der Waals surface area contributed by atoms with Gasteiger partial charge in [-0.15, -0.1) is 0 Å². The van der Waals surface area contributed by atoms with Crippen LogP contribution in [0.5, 0.6) is 0 Å². The molecule has 1 aliphatic carbocycles. The van der Waals surface area contributed by atoms with Crippen LogP contribution >= 0.6 is 0 Å². The van der Waals surface area contributed by atoms with Gasteiger partial charge in [0.25, 0.3) is 0 Å². The Morgan fingerprint density at radius 2 is 1.92 bits per heavy atom. The van der Waals surface area contributed by atoms with E-state index in [1.807, 2.05) is 0 Å². The van der Waals surface area contributed by atoms with E-state index in [2.05, 4.69) is 27.4 Å². The van der Waals surface area contributed by atoms with Crippen molar-refractivity contribution in [1.82, 2.24) is 0 Å². The molecule has 0 saturated heterocycles. The summed E-state index contributed by atoms with van der Waals surface area (Å²) in [4.78, 5) is 0. The van der Waals surface area contributed by atoms with Crippen molar-refractivity contribution in [3.8, 4) is 0 Å². The van der Waals surface area contributed by atoms with Gasteiger partial charge >= 0.3 is 0 Å². The van der Waals surface area contributed by atoms with E-state index in [4.69, 9.17) is 5.11 Å². The van der Waals surface area contributed by atoms with E-state index in [9.17, 15) is 0 Å². The number of hydrogen-bond acceptors (Lipinski definition) is 1. The van der Waals surface area contributed by atoms with Crippen molar-refractivity contribution in [2.75, 3.05) is 6.61 Å². The van der Waals surface area contributed by atoms with Crippen LogP contribution in [0.2, 0.25) is 0 Å². The Morgan fingerprint density at radius 1 is 1.31 bits per heavy atom. The highest BCUT2D eigenvalue weighted by atomic mass is 16.3. The van der Waals surface area contributed by atoms with E-state index < -0.39 is 0 Å². The molecule has 1 atom stereocenters. The van der Waals surface area contributed by atoms with Gasteiger partial charge in [0.05, 0.1) is 0 Å². The summed E-state index contributed by atoms with van der Waals surface area (Å²) >= 11 is 0. The van der Waals surface area contributed by atoms with Crippen LogP contribution in [0.15, 0.2) is 12.2 Å². The fraction of sp³-hybridized carbons (Fsp3) is 0.833. The molecule has 0 aromatic carbocycles. The number of allylic oxidation sites excluding steroid dienone is 1. The molecular formula is C12H22O. The largest absolute Gasteiger partial charge is 0.396 e. The Hall–Kier alpha value is -0.300. The summed E-state index contributed by atoms with van der Waals surface area (Å²) in [6.45, 7) is 11.3. The second-order valence-electron chi connectivity index (χ2n) is 5.25. The van der Waals surface area contributed by atoms with Crippen LogP contribution in [0.25, 0.3) is 0 Å². The zero-order valence-corrected chi connectivity index (χ0v) is 9.19. The molecule has 0 radical (unpaired) electrons. The molecule has 1 aliphatic rings. The third kappa shape index (κ3) is 1.96. The molecule has 0 aromatic rings. The molecular weight excluding hydrogens is 160 g/mol. The molecule has 13 heavy (non-hydrogen) atoms. The SMILES string of the molecule is C=C1C(C)(C)CCC[C@@]1(C)CCO. The van der Waals surface area contributed by atoms with Gasteiger partial charge in [0, 0.05) is 6.61 Å². The number of aliphatic hydroxyl groups excluding tert-OH is 1. The summed E-state index contributed by atoms with van der Waals surface area (Å²) in [7, 11) is 0. The molecule has 1 saturated carbocycles. The summed E-state index contributed by atoms with van der Waals surface area (Å²) in [5.74, 6) is 0. The molecule has 0 heterocycles. The molecule has 0 bridgehead atoms. The van der Waals surface area contributed by atoms with Crippen LogP contribution in [-0.4, -0.2) is 11.7 Å². The second-order valence-corrected chi connectivity index (χ2v) is 5.25. The van der Waals surface area contributed by atoms with Gasteiger partial charge in [-0.1, -0.05) is 39.3 Å². The van der Waals surface area contributed by atoms with Crippen molar-refractivity contribution in [2.45, 2.75) is 46.5 Å². The van der Waals surface area contributed by atoms with E-state index in [-0.39, 0.29) is 17.4 Å². The Bertz CT molecular complexity index is 201. The summed E-state index contributed by atoms with van der Waals surface area (Å²) < 4.78 is 0. The molecule has 1 fully saturated rings. The van der Waals surface area contributed by atoms with E-state index in [0.29, 0.717) is 0 Å². The van der Waals surface area contributed by atoms with Crippen LogP contribution < -0.4 is 0 Å². The summed E-state index contributed by atoms with van der Waals surface area (Å²) in [6.07, 6.45) is 4.57. The third-order valence-electron chi connectivity index (χ3n) is 3.74. The molecule has 1 nitrogen and oxygen atoms in total. The molecule has 0 aromatic heterocycles. The standard InChI is InChI=1S/C12H22O/c1-10-11(2,3)6-5-7-12(10,4)8-9-13/h13H,1,5-9H2,2-4H3/t12-/m0/s1. The maximum absolute atomic E-state index is 9.03. The predicted octanol–water partition coefficient (Wildman–Crippen LogP) is 3.14. The molecule has 1 N–H and O–H groups in total. The van der Waals surface area contributed by atoms with Gasteiger partial charge in [-0.25, -0.2) is 0 Å². The zero-order chi connectivity index (χ0) is 10.1. The summed E-state index contributed by atoms with van der Waals surface area (Å²) in [6, 6.07) is 0. The minimum absolute atomic E-state index is 0.177. The first-order valence-electron chi connectivity index (χ1n) is 5.23. The summed E-state index contributed by atoms with van der Waals surface area (Å²) in [5, 5.41) is 9.03. The van der Waals surface area contributed by atoms with E-state index in [1.165, 1.54) is 24.8 Å². The lowest BCUT2D eigenvalue weighted by molar-refractivity contribution is 0.150. The average molecular weight is 182 g/mol. The fourth-order valence-electron chi connectivity index (χ4n) is 2.56. The minimum atomic E-state index is 0.177. The Balaban J connectivity index is 2.81. The van der Waals surface area contributed by atoms with Crippen molar-refractivity contribution in [2.24, 2.45) is 10.8 Å². The van der Waals surface area contributed by atoms with E-state index >= 15 is 0 Å². The first kappa shape index (κ1) is 10.8. The van der Waals surface area contributed by atoms with Gasteiger partial charge in [0.2, 0.25) is 0 Å². The Labute approximate surface area is 81.9 Å². The molecule has 1 heteroatoms. The Kier molecular flexibility index (Phi) is 2.86. The van der Waals surface area contributed by atoms with Crippen molar-refractivity contribution in [3.63, 3.8) is 0 Å². The smallest absolute Gasteiger partial charge is 0.0439 e. The number of hydrogen-bond donors (Lipinski definition) is 1. The van der Waals surface area contributed by atoms with Gasteiger partial charge < -0.3 is 5.11 Å². The minimum Gasteiger partial charge on any atom is -0.396 e. The molecule has 76 valence electrons. The van der Waals surface area contributed by atoms with Crippen molar-refractivity contribution < 1.29 is 5.11 Å². The van der Waals surface area contributed by atoms with Crippen LogP contribution in [0.3, 0.4) is 0 Å². The van der Waals surface area contributed by atoms with Crippen molar-refractivity contribution in [3.05, 3.63) is 12.2 Å². The van der Waals surface area contributed by atoms with Gasteiger partial charge in [0.15, 0.2) is 0 Å². The highest BCUT2D eigenvalue weighted by Gasteiger charge is 2.39. The first-order valence-corrected chi connectivity index (χ1v) is 5.23. The van der Waals surface area contributed by atoms with Gasteiger partial charge in [0.1, 0.15) is 0 Å². The van der Waals surface area contributed by atoms with Crippen LogP contribution in [0.4, 0.5) is 0 Å². The normalized spacial score (nSPS) is 33.4. The lowest BCUT2D eigenvalue weighted by Crippen LogP contribution is -2.34. The van der Waals surface area contributed by atoms with E-state index in [1.54, 1.807) is 0 Å². The second kappa shape index (κ2) is 3.45. The zero-order valence-electron chi connectivity index (χ0n) is 9.19. The molecule has 0 spiro atoms. The molecule has 1 rings (SSSR count). The molecule has 0 aliphatic heterocycles. The van der Waals surface area contributed by atoms with Crippen LogP contribution in [0.1, 0.15) is 46.5 Å². The maximum atomic E-state index is 9.03. The highest BCUT2D eigenvalue weighted by molar-refractivity contribution is 5.19. The first-order chi connectivity index (χ1) is 5.92. The fourth-order valence-corrected chi connectivity index (χ4v) is 2.56. The Morgan fingerprint density at radius 3 is 2.46 bits per heavy atom. The summed E-state index contributed by atoms with van der Waals surface area (Å²) in [5.41, 5.74) is 1.78. The monoisotopic (exact) mass is 182 g/mol. The third-order valence-corrected chi connectivity index (χ3v) is 3.74. The van der Waals surface area contributed by atoms with Gasteiger partial charge in [-0.3, -0.25) is 0 Å². The average Bonchev–Trinajstić information content (AvgIpc) is 2.01. The maximum Gasteiger partial charge on any atom is 0.0439 e. The van der Waals surface area contributed by atoms with Gasteiger partial charge in [-0.05, 0) is 30.1 Å². The predicted molar refractivity (Wildman–Crippen MR) is 56.6 cm³/mol. The quantitative estimate of drug-likeness (QED) is 0.650. The number of aliphatic hydroxyl groups is 1. The van der Waals surface area contributed by atoms with E-state index in [0.717, 1.165) is 6.42 Å². The molecule has 0 amide bonds. The van der Waals surface area contributed by atoms with Crippen LogP contribution in [0, 0.1) is 10.8 Å². The van der Waals surface area contributed by atoms with Crippen molar-refractivity contribution >= 4 is 0 Å². The molecule has 0 unspecified atom stereocenters. The number of rotatable bonds is 2. The van der Waals surface area contributed by atoms with Crippen LogP contribution in [-0.2, 0) is 0 Å². The van der Waals surface area contributed by atoms with Gasteiger partial charge in [-0.2, -0.15) is 0 Å². The topological polar surface area (TPSA) is 20.2 Å². The lowest BCUT2D eigenvalue weighted by Gasteiger charge is -2.45. The highest BCUT2D eigenvalue weighted by Crippen LogP contribution is 2.51. The van der Waals surface area contributed by atoms with Crippen molar-refractivity contribution in [1.29, 1.82) is 0 Å². The lowest BCUT2D eigenvalue weighted by atomic mass is 9.60.